The quantitative estimate of drug-likeness (QED) is 0.899. The molecule has 0 aliphatic rings. The van der Waals surface area contributed by atoms with E-state index < -0.39 is 0 Å². The summed E-state index contributed by atoms with van der Waals surface area (Å²) in [6.07, 6.45) is 3.15. The van der Waals surface area contributed by atoms with E-state index in [1.54, 1.807) is 0 Å². The molecule has 0 aliphatic heterocycles. The molecule has 0 aromatic carbocycles. The summed E-state index contributed by atoms with van der Waals surface area (Å²) in [5, 5.41) is 4.44. The van der Waals surface area contributed by atoms with Gasteiger partial charge in [0, 0.05) is 25.2 Å². The maximum atomic E-state index is 4.65. The van der Waals surface area contributed by atoms with Crippen molar-refractivity contribution < 1.29 is 0 Å². The SMILES string of the molecule is CNCc1cn(C)c2nc(C)nc(CC(C)C)c12. The number of hydrogen-bond acceptors (Lipinski definition) is 3. The zero-order valence-corrected chi connectivity index (χ0v) is 11.9. The molecular weight excluding hydrogens is 224 g/mol. The first kappa shape index (κ1) is 13.0. The van der Waals surface area contributed by atoms with Gasteiger partial charge in [0.1, 0.15) is 11.5 Å². The molecule has 0 unspecified atom stereocenters. The Morgan fingerprint density at radius 1 is 1.33 bits per heavy atom. The van der Waals surface area contributed by atoms with Crippen LogP contribution in [-0.4, -0.2) is 21.6 Å². The molecule has 0 saturated heterocycles. The van der Waals surface area contributed by atoms with Crippen LogP contribution in [0.25, 0.3) is 11.0 Å². The third kappa shape index (κ3) is 2.38. The number of hydrogen-bond donors (Lipinski definition) is 1. The molecule has 2 rings (SSSR count). The van der Waals surface area contributed by atoms with E-state index in [1.807, 2.05) is 21.0 Å². The summed E-state index contributed by atoms with van der Waals surface area (Å²) in [7, 11) is 4.02. The van der Waals surface area contributed by atoms with Crippen molar-refractivity contribution in [1.82, 2.24) is 19.9 Å². The fourth-order valence-corrected chi connectivity index (χ4v) is 2.42. The van der Waals surface area contributed by atoms with Gasteiger partial charge in [0.25, 0.3) is 0 Å². The molecule has 2 aromatic rings. The lowest BCUT2D eigenvalue weighted by Gasteiger charge is -2.08. The number of fused-ring (bicyclic) bond motifs is 1. The normalized spacial score (nSPS) is 11.7. The molecule has 98 valence electrons. The molecule has 4 heteroatoms. The van der Waals surface area contributed by atoms with Crippen molar-refractivity contribution in [3.05, 3.63) is 23.3 Å². The summed E-state index contributed by atoms with van der Waals surface area (Å²) < 4.78 is 2.10. The van der Waals surface area contributed by atoms with Gasteiger partial charge in [0.15, 0.2) is 0 Å². The molecule has 1 N–H and O–H groups in total. The van der Waals surface area contributed by atoms with Gasteiger partial charge in [-0.25, -0.2) is 9.97 Å². The first-order valence-electron chi connectivity index (χ1n) is 6.49. The van der Waals surface area contributed by atoms with E-state index in [0.29, 0.717) is 5.92 Å². The van der Waals surface area contributed by atoms with Crippen LogP contribution in [0.5, 0.6) is 0 Å². The second-order valence-electron chi connectivity index (χ2n) is 5.31. The van der Waals surface area contributed by atoms with Crippen molar-refractivity contribution in [2.75, 3.05) is 7.05 Å². The highest BCUT2D eigenvalue weighted by molar-refractivity contribution is 5.83. The van der Waals surface area contributed by atoms with Crippen molar-refractivity contribution >= 4 is 11.0 Å². The standard InChI is InChI=1S/C14H22N4/c1-9(2)6-12-13-11(7-15-4)8-18(5)14(13)17-10(3)16-12/h8-9,15H,6-7H2,1-5H3. The first-order valence-corrected chi connectivity index (χ1v) is 6.49. The predicted molar refractivity (Wildman–Crippen MR) is 74.6 cm³/mol. The summed E-state index contributed by atoms with van der Waals surface area (Å²) in [6, 6.07) is 0. The fourth-order valence-electron chi connectivity index (χ4n) is 2.42. The molecular formula is C14H22N4. The monoisotopic (exact) mass is 246 g/mol. The number of nitrogens with zero attached hydrogens (tertiary/aromatic N) is 3. The summed E-state index contributed by atoms with van der Waals surface area (Å²) in [6.45, 7) is 7.27. The average molecular weight is 246 g/mol. The summed E-state index contributed by atoms with van der Waals surface area (Å²) >= 11 is 0. The molecule has 0 aliphatic carbocycles. The van der Waals surface area contributed by atoms with E-state index in [9.17, 15) is 0 Å². The summed E-state index contributed by atoms with van der Waals surface area (Å²) in [5.74, 6) is 1.46. The second-order valence-corrected chi connectivity index (χ2v) is 5.31. The van der Waals surface area contributed by atoms with Crippen molar-refractivity contribution in [2.24, 2.45) is 13.0 Å². The van der Waals surface area contributed by atoms with E-state index >= 15 is 0 Å². The van der Waals surface area contributed by atoms with Gasteiger partial charge < -0.3 is 9.88 Å². The number of aromatic nitrogens is 3. The van der Waals surface area contributed by atoms with Crippen molar-refractivity contribution in [3.63, 3.8) is 0 Å². The van der Waals surface area contributed by atoms with Crippen LogP contribution in [0.1, 0.15) is 30.9 Å². The Labute approximate surface area is 108 Å². The highest BCUT2D eigenvalue weighted by Gasteiger charge is 2.14. The molecule has 0 bridgehead atoms. The smallest absolute Gasteiger partial charge is 0.143 e. The van der Waals surface area contributed by atoms with Crippen LogP contribution in [0.2, 0.25) is 0 Å². The zero-order valence-electron chi connectivity index (χ0n) is 11.9. The number of aryl methyl sites for hydroxylation is 2. The highest BCUT2D eigenvalue weighted by Crippen LogP contribution is 2.24. The van der Waals surface area contributed by atoms with Gasteiger partial charge in [-0.05, 0) is 31.9 Å². The van der Waals surface area contributed by atoms with Crippen LogP contribution in [0.4, 0.5) is 0 Å². The molecule has 2 heterocycles. The molecule has 4 nitrogen and oxygen atoms in total. The van der Waals surface area contributed by atoms with E-state index in [-0.39, 0.29) is 0 Å². The molecule has 0 saturated carbocycles. The van der Waals surface area contributed by atoms with Crippen LogP contribution in [0.3, 0.4) is 0 Å². The maximum absolute atomic E-state index is 4.65. The lowest BCUT2D eigenvalue weighted by atomic mass is 10.0. The van der Waals surface area contributed by atoms with Crippen molar-refractivity contribution in [3.8, 4) is 0 Å². The van der Waals surface area contributed by atoms with Crippen LogP contribution < -0.4 is 5.32 Å². The van der Waals surface area contributed by atoms with Crippen LogP contribution in [0.15, 0.2) is 6.20 Å². The van der Waals surface area contributed by atoms with Gasteiger partial charge in [0.2, 0.25) is 0 Å². The Bertz CT molecular complexity index is 554. The van der Waals surface area contributed by atoms with Crippen LogP contribution in [-0.2, 0) is 20.0 Å². The maximum Gasteiger partial charge on any atom is 0.143 e. The number of nitrogens with one attached hydrogen (secondary N) is 1. The zero-order chi connectivity index (χ0) is 13.3. The molecule has 18 heavy (non-hydrogen) atoms. The Morgan fingerprint density at radius 3 is 2.67 bits per heavy atom. The minimum atomic E-state index is 0.602. The third-order valence-electron chi connectivity index (χ3n) is 3.05. The van der Waals surface area contributed by atoms with Gasteiger partial charge in [-0.1, -0.05) is 13.8 Å². The Hall–Kier alpha value is -1.42. The lowest BCUT2D eigenvalue weighted by Crippen LogP contribution is -2.07. The van der Waals surface area contributed by atoms with Crippen molar-refractivity contribution in [2.45, 2.75) is 33.7 Å². The van der Waals surface area contributed by atoms with E-state index in [4.69, 9.17) is 0 Å². The van der Waals surface area contributed by atoms with Crippen LogP contribution >= 0.6 is 0 Å². The van der Waals surface area contributed by atoms with Crippen molar-refractivity contribution in [1.29, 1.82) is 0 Å². The van der Waals surface area contributed by atoms with E-state index in [1.165, 1.54) is 16.6 Å². The minimum Gasteiger partial charge on any atom is -0.335 e. The third-order valence-corrected chi connectivity index (χ3v) is 3.05. The summed E-state index contributed by atoms with van der Waals surface area (Å²) in [4.78, 5) is 9.22. The second kappa shape index (κ2) is 5.06. The average Bonchev–Trinajstić information content (AvgIpc) is 2.55. The molecule has 0 fully saturated rings. The van der Waals surface area contributed by atoms with Gasteiger partial charge in [-0.2, -0.15) is 0 Å². The molecule has 0 spiro atoms. The summed E-state index contributed by atoms with van der Waals surface area (Å²) in [5.41, 5.74) is 3.51. The minimum absolute atomic E-state index is 0.602. The van der Waals surface area contributed by atoms with Gasteiger partial charge in [0.05, 0.1) is 5.69 Å². The Balaban J connectivity index is 2.66. The molecule has 2 aromatic heterocycles. The van der Waals surface area contributed by atoms with Crippen LogP contribution in [0, 0.1) is 12.8 Å². The molecule has 0 radical (unpaired) electrons. The lowest BCUT2D eigenvalue weighted by molar-refractivity contribution is 0.636. The number of rotatable bonds is 4. The largest absolute Gasteiger partial charge is 0.335 e. The Morgan fingerprint density at radius 2 is 2.06 bits per heavy atom. The van der Waals surface area contributed by atoms with Gasteiger partial charge in [-0.15, -0.1) is 0 Å². The Kier molecular flexibility index (Phi) is 3.66. The first-order chi connectivity index (χ1) is 8.52. The molecule has 0 atom stereocenters. The van der Waals surface area contributed by atoms with E-state index in [2.05, 4.69) is 39.9 Å². The topological polar surface area (TPSA) is 42.7 Å². The fraction of sp³-hybridized carbons (Fsp3) is 0.571. The van der Waals surface area contributed by atoms with E-state index in [0.717, 1.165) is 24.4 Å². The highest BCUT2D eigenvalue weighted by atomic mass is 15.0. The predicted octanol–water partition coefficient (Wildman–Crippen LogP) is 2.19. The van der Waals surface area contributed by atoms with Gasteiger partial charge in [-0.3, -0.25) is 0 Å². The molecule has 0 amide bonds. The van der Waals surface area contributed by atoms with Gasteiger partial charge >= 0.3 is 0 Å².